The minimum atomic E-state index is -0.314. The summed E-state index contributed by atoms with van der Waals surface area (Å²) in [5.74, 6) is 0.862. The zero-order valence-electron chi connectivity index (χ0n) is 15.9. The van der Waals surface area contributed by atoms with Gasteiger partial charge in [0.15, 0.2) is 5.65 Å². The number of aliphatic hydroxyl groups is 1. The molecule has 3 aromatic heterocycles. The second-order valence-electron chi connectivity index (χ2n) is 8.13. The highest BCUT2D eigenvalue weighted by atomic mass is 16.3. The van der Waals surface area contributed by atoms with Gasteiger partial charge in [0.25, 0.3) is 0 Å². The molecule has 1 atom stereocenters. The Morgan fingerprint density at radius 1 is 1.14 bits per heavy atom. The van der Waals surface area contributed by atoms with Gasteiger partial charge in [-0.2, -0.15) is 5.10 Å². The molecular weight excluding hydrogens is 354 g/mol. The predicted molar refractivity (Wildman–Crippen MR) is 105 cm³/mol. The molecule has 1 unspecified atom stereocenters. The van der Waals surface area contributed by atoms with Crippen molar-refractivity contribution in [3.63, 3.8) is 0 Å². The summed E-state index contributed by atoms with van der Waals surface area (Å²) in [6.07, 6.45) is 9.52. The number of hydrogen-bond acceptors (Lipinski definition) is 7. The topological polar surface area (TPSA) is 82.7 Å². The van der Waals surface area contributed by atoms with Gasteiger partial charge in [0, 0.05) is 32.0 Å². The van der Waals surface area contributed by atoms with E-state index in [4.69, 9.17) is 0 Å². The fourth-order valence-electron chi connectivity index (χ4n) is 4.78. The van der Waals surface area contributed by atoms with Gasteiger partial charge in [-0.1, -0.05) is 6.07 Å². The minimum Gasteiger partial charge on any atom is -0.391 e. The molecule has 0 aliphatic carbocycles. The first-order valence-corrected chi connectivity index (χ1v) is 9.90. The van der Waals surface area contributed by atoms with Crippen LogP contribution in [-0.2, 0) is 6.54 Å². The van der Waals surface area contributed by atoms with Crippen molar-refractivity contribution in [1.29, 1.82) is 0 Å². The minimum absolute atomic E-state index is 0.144. The average molecular weight is 379 g/mol. The number of hydrogen-bond donors (Lipinski definition) is 1. The van der Waals surface area contributed by atoms with Crippen LogP contribution in [0.4, 0.5) is 5.82 Å². The number of likely N-dealkylation sites (tertiary alicyclic amines) is 1. The van der Waals surface area contributed by atoms with Crippen LogP contribution in [0.2, 0.25) is 0 Å². The standard InChI is InChI=1S/C20H25N7O/c28-17-10-20(14-26(13-17)19-11-21-6-7-22-19)4-8-25(9-5-20)12-16-2-1-3-18-23-15-24-27(16)18/h1-3,6-7,11,15,17,28H,4-5,8-10,12-14H2. The van der Waals surface area contributed by atoms with Gasteiger partial charge in [-0.15, -0.1) is 0 Å². The first-order chi connectivity index (χ1) is 13.7. The van der Waals surface area contributed by atoms with Crippen molar-refractivity contribution in [3.05, 3.63) is 48.8 Å². The van der Waals surface area contributed by atoms with Crippen molar-refractivity contribution in [1.82, 2.24) is 29.5 Å². The van der Waals surface area contributed by atoms with E-state index in [1.165, 1.54) is 0 Å². The maximum atomic E-state index is 10.5. The lowest BCUT2D eigenvalue weighted by Gasteiger charge is -2.49. The summed E-state index contributed by atoms with van der Waals surface area (Å²) < 4.78 is 1.92. The van der Waals surface area contributed by atoms with Crippen molar-refractivity contribution < 1.29 is 5.11 Å². The second kappa shape index (κ2) is 7.10. The Labute approximate surface area is 163 Å². The molecule has 0 amide bonds. The lowest BCUT2D eigenvalue weighted by molar-refractivity contribution is 0.0240. The number of anilines is 1. The van der Waals surface area contributed by atoms with Crippen LogP contribution in [0.5, 0.6) is 0 Å². The maximum Gasteiger partial charge on any atom is 0.155 e. The summed E-state index contributed by atoms with van der Waals surface area (Å²) >= 11 is 0. The quantitative estimate of drug-likeness (QED) is 0.736. The number of aromatic nitrogens is 5. The lowest BCUT2D eigenvalue weighted by Crippen LogP contribution is -2.54. The number of rotatable bonds is 3. The fraction of sp³-hybridized carbons (Fsp3) is 0.500. The summed E-state index contributed by atoms with van der Waals surface area (Å²) in [5, 5.41) is 14.9. The van der Waals surface area contributed by atoms with Crippen molar-refractivity contribution >= 4 is 11.5 Å². The molecule has 8 heteroatoms. The first-order valence-electron chi connectivity index (χ1n) is 9.90. The lowest BCUT2D eigenvalue weighted by atomic mass is 9.71. The van der Waals surface area contributed by atoms with Crippen LogP contribution in [0.1, 0.15) is 25.0 Å². The van der Waals surface area contributed by atoms with E-state index in [-0.39, 0.29) is 11.5 Å². The smallest absolute Gasteiger partial charge is 0.155 e. The number of piperidine rings is 2. The molecule has 0 saturated carbocycles. The molecule has 2 fully saturated rings. The highest BCUT2D eigenvalue weighted by Crippen LogP contribution is 2.41. The third-order valence-corrected chi connectivity index (χ3v) is 6.18. The van der Waals surface area contributed by atoms with E-state index in [1.54, 1.807) is 24.9 Å². The number of fused-ring (bicyclic) bond motifs is 1. The average Bonchev–Trinajstić information content (AvgIpc) is 3.20. The van der Waals surface area contributed by atoms with Crippen LogP contribution in [0, 0.1) is 5.41 Å². The Morgan fingerprint density at radius 2 is 2.04 bits per heavy atom. The number of aliphatic hydroxyl groups excluding tert-OH is 1. The van der Waals surface area contributed by atoms with E-state index in [0.29, 0.717) is 6.54 Å². The molecule has 2 saturated heterocycles. The summed E-state index contributed by atoms with van der Waals surface area (Å²) in [7, 11) is 0. The molecule has 2 aliphatic heterocycles. The van der Waals surface area contributed by atoms with Gasteiger partial charge < -0.3 is 10.0 Å². The number of β-amino-alcohol motifs (C(OH)–C–C–N with tert-alkyl or cyclic N) is 1. The molecule has 1 N–H and O–H groups in total. The Hall–Kier alpha value is -2.58. The third-order valence-electron chi connectivity index (χ3n) is 6.18. The van der Waals surface area contributed by atoms with Crippen LogP contribution in [0.3, 0.4) is 0 Å². The summed E-state index contributed by atoms with van der Waals surface area (Å²) in [6.45, 7) is 4.49. The second-order valence-corrected chi connectivity index (χ2v) is 8.13. The Morgan fingerprint density at radius 3 is 2.86 bits per heavy atom. The predicted octanol–water partition coefficient (Wildman–Crippen LogP) is 1.37. The van der Waals surface area contributed by atoms with Crippen LogP contribution in [-0.4, -0.2) is 66.9 Å². The first kappa shape index (κ1) is 17.5. The van der Waals surface area contributed by atoms with Gasteiger partial charge in [0.05, 0.1) is 18.0 Å². The molecule has 1 spiro atoms. The van der Waals surface area contributed by atoms with Gasteiger partial charge in [0.2, 0.25) is 0 Å². The number of nitrogens with zero attached hydrogens (tertiary/aromatic N) is 7. The van der Waals surface area contributed by atoms with E-state index in [9.17, 15) is 5.11 Å². The van der Waals surface area contributed by atoms with E-state index >= 15 is 0 Å². The summed E-state index contributed by atoms with van der Waals surface area (Å²) in [5.41, 5.74) is 2.20. The fourth-order valence-corrected chi connectivity index (χ4v) is 4.78. The largest absolute Gasteiger partial charge is 0.391 e. The van der Waals surface area contributed by atoms with Gasteiger partial charge in [-0.05, 0) is 49.9 Å². The van der Waals surface area contributed by atoms with Crippen LogP contribution >= 0.6 is 0 Å². The monoisotopic (exact) mass is 379 g/mol. The van der Waals surface area contributed by atoms with Gasteiger partial charge in [0.1, 0.15) is 12.1 Å². The van der Waals surface area contributed by atoms with Crippen molar-refractivity contribution in [2.45, 2.75) is 31.9 Å². The van der Waals surface area contributed by atoms with E-state index in [0.717, 1.165) is 62.6 Å². The van der Waals surface area contributed by atoms with Gasteiger partial charge in [-0.25, -0.2) is 14.5 Å². The summed E-state index contributed by atoms with van der Waals surface area (Å²) in [4.78, 5) is 17.6. The van der Waals surface area contributed by atoms with Gasteiger partial charge in [-0.3, -0.25) is 9.88 Å². The normalized spacial score (nSPS) is 22.8. The molecule has 3 aromatic rings. The third kappa shape index (κ3) is 3.33. The maximum absolute atomic E-state index is 10.5. The van der Waals surface area contributed by atoms with Crippen LogP contribution in [0.15, 0.2) is 43.1 Å². The zero-order chi connectivity index (χ0) is 19.0. The molecule has 5 heterocycles. The molecule has 2 aliphatic rings. The van der Waals surface area contributed by atoms with Crippen molar-refractivity contribution in [3.8, 4) is 0 Å². The van der Waals surface area contributed by atoms with E-state index < -0.39 is 0 Å². The molecule has 146 valence electrons. The van der Waals surface area contributed by atoms with Crippen molar-refractivity contribution in [2.24, 2.45) is 5.41 Å². The van der Waals surface area contributed by atoms with Crippen molar-refractivity contribution in [2.75, 3.05) is 31.1 Å². The molecule has 0 aromatic carbocycles. The van der Waals surface area contributed by atoms with E-state index in [1.807, 2.05) is 16.6 Å². The Bertz CT molecular complexity index is 936. The highest BCUT2D eigenvalue weighted by Gasteiger charge is 2.42. The van der Waals surface area contributed by atoms with Gasteiger partial charge >= 0.3 is 0 Å². The Balaban J connectivity index is 1.27. The molecule has 5 rings (SSSR count). The zero-order valence-corrected chi connectivity index (χ0v) is 15.9. The number of pyridine rings is 1. The highest BCUT2D eigenvalue weighted by molar-refractivity contribution is 5.38. The van der Waals surface area contributed by atoms with E-state index in [2.05, 4.69) is 35.9 Å². The molecule has 0 radical (unpaired) electrons. The molecular formula is C20H25N7O. The SMILES string of the molecule is OC1CN(c2cnccn2)CC2(CCN(Cc3cccc4ncnn34)CC2)C1. The van der Waals surface area contributed by atoms with Crippen LogP contribution in [0.25, 0.3) is 5.65 Å². The van der Waals surface area contributed by atoms with Crippen LogP contribution < -0.4 is 4.90 Å². The summed E-state index contributed by atoms with van der Waals surface area (Å²) in [6, 6.07) is 6.14. The molecule has 28 heavy (non-hydrogen) atoms. The molecule has 0 bridgehead atoms. The molecule has 8 nitrogen and oxygen atoms in total. The Kier molecular flexibility index (Phi) is 4.44.